The Balaban J connectivity index is 2.39. The summed E-state index contributed by atoms with van der Waals surface area (Å²) in [6.45, 7) is 6.56. The fourth-order valence-electron chi connectivity index (χ4n) is 2.53. The molecule has 1 aliphatic carbocycles. The lowest BCUT2D eigenvalue weighted by atomic mass is 9.84. The first-order valence-corrected chi connectivity index (χ1v) is 6.84. The van der Waals surface area contributed by atoms with Gasteiger partial charge in [0.05, 0.1) is 6.61 Å². The first-order chi connectivity index (χ1) is 9.25. The van der Waals surface area contributed by atoms with Crippen molar-refractivity contribution in [2.75, 3.05) is 13.2 Å². The van der Waals surface area contributed by atoms with Crippen LogP contribution in [0.1, 0.15) is 25.3 Å². The van der Waals surface area contributed by atoms with Gasteiger partial charge in [-0.05, 0) is 31.2 Å². The fraction of sp³-hybridized carbons (Fsp3) is 0.438. The van der Waals surface area contributed by atoms with E-state index in [1.54, 1.807) is 6.08 Å². The van der Waals surface area contributed by atoms with Gasteiger partial charge in [-0.15, -0.1) is 6.58 Å². The van der Waals surface area contributed by atoms with Crippen LogP contribution in [0.4, 0.5) is 0 Å². The molecule has 102 valence electrons. The molecule has 1 aromatic rings. The lowest BCUT2D eigenvalue weighted by molar-refractivity contribution is -0.152. The maximum Gasteiger partial charge on any atom is 0.331 e. The molecule has 19 heavy (non-hydrogen) atoms. The van der Waals surface area contributed by atoms with Crippen LogP contribution in [0.25, 0.3) is 0 Å². The van der Waals surface area contributed by atoms with Gasteiger partial charge in [-0.2, -0.15) is 0 Å². The monoisotopic (exact) mass is 259 g/mol. The normalized spacial score (nSPS) is 17.5. The first kappa shape index (κ1) is 13.8. The summed E-state index contributed by atoms with van der Waals surface area (Å²) < 4.78 is 5.32. The summed E-state index contributed by atoms with van der Waals surface area (Å²) in [6, 6.07) is 9.86. The molecule has 0 aromatic heterocycles. The van der Waals surface area contributed by atoms with E-state index in [0.717, 1.165) is 18.4 Å². The van der Waals surface area contributed by atoms with Crippen LogP contribution in [0, 0.1) is 5.92 Å². The van der Waals surface area contributed by atoms with Crippen LogP contribution in [-0.2, 0) is 15.1 Å². The second-order valence-corrected chi connectivity index (χ2v) is 4.84. The lowest BCUT2D eigenvalue weighted by Gasteiger charge is -2.33. The van der Waals surface area contributed by atoms with Crippen molar-refractivity contribution in [2.45, 2.75) is 25.3 Å². The van der Waals surface area contributed by atoms with Gasteiger partial charge in [-0.25, -0.2) is 4.79 Å². The van der Waals surface area contributed by atoms with E-state index in [4.69, 9.17) is 4.74 Å². The van der Waals surface area contributed by atoms with Crippen LogP contribution in [-0.4, -0.2) is 19.1 Å². The summed E-state index contributed by atoms with van der Waals surface area (Å²) in [6.07, 6.45) is 3.88. The Morgan fingerprint density at radius 3 is 2.68 bits per heavy atom. The summed E-state index contributed by atoms with van der Waals surface area (Å²) in [4.78, 5) is 12.5. The van der Waals surface area contributed by atoms with Gasteiger partial charge in [0.25, 0.3) is 0 Å². The quantitative estimate of drug-likeness (QED) is 0.604. The van der Waals surface area contributed by atoms with Gasteiger partial charge in [0.15, 0.2) is 0 Å². The van der Waals surface area contributed by atoms with Crippen molar-refractivity contribution in [3.8, 4) is 0 Å². The number of hydrogen-bond acceptors (Lipinski definition) is 3. The first-order valence-electron chi connectivity index (χ1n) is 6.84. The van der Waals surface area contributed by atoms with Crippen LogP contribution >= 0.6 is 0 Å². The molecular weight excluding hydrogens is 238 g/mol. The second-order valence-electron chi connectivity index (χ2n) is 4.84. The summed E-state index contributed by atoms with van der Waals surface area (Å²) >= 11 is 0. The molecule has 1 fully saturated rings. The summed E-state index contributed by atoms with van der Waals surface area (Å²) in [7, 11) is 0. The molecule has 0 aliphatic heterocycles. The molecule has 1 aliphatic rings. The molecule has 0 spiro atoms. The number of hydrogen-bond donors (Lipinski definition) is 1. The van der Waals surface area contributed by atoms with Gasteiger partial charge in [-0.3, -0.25) is 5.32 Å². The molecule has 0 amide bonds. The van der Waals surface area contributed by atoms with E-state index in [-0.39, 0.29) is 5.97 Å². The van der Waals surface area contributed by atoms with Crippen LogP contribution in [0.5, 0.6) is 0 Å². The lowest BCUT2D eigenvalue weighted by Crippen LogP contribution is -2.52. The van der Waals surface area contributed by atoms with Gasteiger partial charge in [0.2, 0.25) is 0 Å². The number of carbonyl (C=O) groups excluding carboxylic acids is 1. The Hall–Kier alpha value is -1.61. The highest BCUT2D eigenvalue weighted by molar-refractivity contribution is 5.83. The molecule has 1 saturated carbocycles. The van der Waals surface area contributed by atoms with E-state index >= 15 is 0 Å². The highest BCUT2D eigenvalue weighted by Crippen LogP contribution is 2.46. The van der Waals surface area contributed by atoms with Gasteiger partial charge < -0.3 is 4.74 Å². The molecule has 1 atom stereocenters. The zero-order chi connectivity index (χ0) is 13.7. The summed E-state index contributed by atoms with van der Waals surface area (Å²) in [5.74, 6) is 0.138. The molecule has 1 aromatic carbocycles. The van der Waals surface area contributed by atoms with E-state index in [0.29, 0.717) is 19.1 Å². The predicted molar refractivity (Wildman–Crippen MR) is 75.7 cm³/mol. The minimum atomic E-state index is -0.717. The highest BCUT2D eigenvalue weighted by Gasteiger charge is 2.52. The summed E-state index contributed by atoms with van der Waals surface area (Å²) in [5.41, 5.74) is 0.267. The topological polar surface area (TPSA) is 38.3 Å². The molecule has 3 nitrogen and oxygen atoms in total. The van der Waals surface area contributed by atoms with E-state index in [2.05, 4.69) is 11.9 Å². The minimum absolute atomic E-state index is 0.175. The van der Waals surface area contributed by atoms with Crippen molar-refractivity contribution in [3.63, 3.8) is 0 Å². The fourth-order valence-corrected chi connectivity index (χ4v) is 2.53. The van der Waals surface area contributed by atoms with Crippen molar-refractivity contribution in [1.29, 1.82) is 0 Å². The molecule has 0 radical (unpaired) electrons. The third-order valence-corrected chi connectivity index (χ3v) is 3.54. The van der Waals surface area contributed by atoms with Crippen molar-refractivity contribution < 1.29 is 9.53 Å². The van der Waals surface area contributed by atoms with Gasteiger partial charge in [0.1, 0.15) is 5.54 Å². The maximum absolute atomic E-state index is 12.5. The van der Waals surface area contributed by atoms with Crippen LogP contribution in [0.2, 0.25) is 0 Å². The zero-order valence-corrected chi connectivity index (χ0v) is 11.4. The third kappa shape index (κ3) is 2.71. The number of ether oxygens (including phenoxy) is 1. The molecular formula is C16H21NO2. The SMILES string of the molecule is C=CCNC(C(=O)OCC)(c1ccccc1)C1CC1. The molecule has 3 heteroatoms. The molecule has 2 rings (SSSR count). The zero-order valence-electron chi connectivity index (χ0n) is 11.4. The molecule has 0 bridgehead atoms. The van der Waals surface area contributed by atoms with Crippen molar-refractivity contribution in [3.05, 3.63) is 48.6 Å². The Morgan fingerprint density at radius 1 is 1.47 bits per heavy atom. The number of esters is 1. The molecule has 0 saturated heterocycles. The molecule has 0 heterocycles. The Labute approximate surface area is 114 Å². The van der Waals surface area contributed by atoms with E-state index in [1.807, 2.05) is 37.3 Å². The largest absolute Gasteiger partial charge is 0.464 e. The van der Waals surface area contributed by atoms with Crippen LogP contribution in [0.15, 0.2) is 43.0 Å². The highest BCUT2D eigenvalue weighted by atomic mass is 16.5. The van der Waals surface area contributed by atoms with Crippen molar-refractivity contribution in [2.24, 2.45) is 5.92 Å². The van der Waals surface area contributed by atoms with Gasteiger partial charge >= 0.3 is 5.97 Å². The van der Waals surface area contributed by atoms with Crippen LogP contribution in [0.3, 0.4) is 0 Å². The van der Waals surface area contributed by atoms with E-state index in [1.165, 1.54) is 0 Å². The average molecular weight is 259 g/mol. The minimum Gasteiger partial charge on any atom is -0.464 e. The number of carbonyl (C=O) groups is 1. The predicted octanol–water partition coefficient (Wildman–Crippen LogP) is 2.63. The standard InChI is InChI=1S/C16H21NO2/c1-3-12-17-16(14-10-11-14,15(18)19-4-2)13-8-6-5-7-9-13/h3,5-9,14,17H,1,4,10-12H2,2H3. The molecule has 1 unspecified atom stereocenters. The number of benzene rings is 1. The Kier molecular flexibility index (Phi) is 4.38. The van der Waals surface area contributed by atoms with E-state index in [9.17, 15) is 4.79 Å². The summed E-state index contributed by atoms with van der Waals surface area (Å²) in [5, 5.41) is 3.35. The third-order valence-electron chi connectivity index (χ3n) is 3.54. The van der Waals surface area contributed by atoms with Gasteiger partial charge in [-0.1, -0.05) is 36.4 Å². The van der Waals surface area contributed by atoms with Crippen LogP contribution < -0.4 is 5.32 Å². The number of nitrogens with one attached hydrogen (secondary N) is 1. The van der Waals surface area contributed by atoms with Gasteiger partial charge in [0, 0.05) is 6.54 Å². The average Bonchev–Trinajstić information content (AvgIpc) is 3.26. The maximum atomic E-state index is 12.5. The Morgan fingerprint density at radius 2 is 2.16 bits per heavy atom. The smallest absolute Gasteiger partial charge is 0.331 e. The van der Waals surface area contributed by atoms with Crippen molar-refractivity contribution in [1.82, 2.24) is 5.32 Å². The van der Waals surface area contributed by atoms with Crippen molar-refractivity contribution >= 4 is 5.97 Å². The second kappa shape index (κ2) is 6.02. The Bertz CT molecular complexity index is 439. The number of rotatable bonds is 7. The van der Waals surface area contributed by atoms with E-state index < -0.39 is 5.54 Å². The molecule has 1 N–H and O–H groups in total.